The van der Waals surface area contributed by atoms with E-state index in [2.05, 4.69) is 25.7 Å². The SMILES string of the molecule is C[C@@H](O)CNC(=O)Nc1nc2c(s1)CN(c1cc(C3CCC(F)(F)CC3)on1)CC2. The molecule has 2 amide bonds. The van der Waals surface area contributed by atoms with E-state index in [-0.39, 0.29) is 25.3 Å². The van der Waals surface area contributed by atoms with Crippen molar-refractivity contribution in [1.29, 1.82) is 0 Å². The lowest BCUT2D eigenvalue weighted by molar-refractivity contribution is -0.0398. The predicted molar refractivity (Wildman–Crippen MR) is 108 cm³/mol. The molecule has 3 heterocycles. The first-order valence-corrected chi connectivity index (χ1v) is 10.9. The summed E-state index contributed by atoms with van der Waals surface area (Å²) in [5.41, 5.74) is 0.945. The molecular formula is C19H25F2N5O3S. The molecule has 1 aliphatic heterocycles. The van der Waals surface area contributed by atoms with Crippen molar-refractivity contribution >= 4 is 28.3 Å². The Hall–Kier alpha value is -2.27. The molecule has 8 nitrogen and oxygen atoms in total. The minimum absolute atomic E-state index is 0.00872. The number of aliphatic hydroxyl groups excluding tert-OH is 1. The number of nitrogens with one attached hydrogen (secondary N) is 2. The normalized spacial score (nSPS) is 19.9. The van der Waals surface area contributed by atoms with Crippen molar-refractivity contribution in [2.24, 2.45) is 0 Å². The summed E-state index contributed by atoms with van der Waals surface area (Å²) in [5.74, 6) is -1.20. The number of halogens is 2. The molecule has 2 aliphatic rings. The molecule has 30 heavy (non-hydrogen) atoms. The van der Waals surface area contributed by atoms with Gasteiger partial charge in [0.15, 0.2) is 10.9 Å². The molecule has 2 aromatic heterocycles. The zero-order valence-corrected chi connectivity index (χ0v) is 17.5. The van der Waals surface area contributed by atoms with Gasteiger partial charge in [-0.3, -0.25) is 5.32 Å². The molecule has 1 saturated carbocycles. The number of aliphatic hydroxyl groups is 1. The Morgan fingerprint density at radius 2 is 2.23 bits per heavy atom. The second-order valence-electron chi connectivity index (χ2n) is 7.96. The molecule has 0 bridgehead atoms. The number of carbonyl (C=O) groups excluding carboxylic acids is 1. The van der Waals surface area contributed by atoms with E-state index in [4.69, 9.17) is 4.52 Å². The van der Waals surface area contributed by atoms with E-state index in [0.29, 0.717) is 49.1 Å². The topological polar surface area (TPSA) is 104 Å². The lowest BCUT2D eigenvalue weighted by Crippen LogP contribution is -2.34. The zero-order valence-electron chi connectivity index (χ0n) is 16.7. The van der Waals surface area contributed by atoms with Crippen LogP contribution in [0.3, 0.4) is 0 Å². The van der Waals surface area contributed by atoms with E-state index < -0.39 is 18.1 Å². The van der Waals surface area contributed by atoms with Crippen molar-refractivity contribution in [3.05, 3.63) is 22.4 Å². The zero-order chi connectivity index (χ0) is 21.3. The molecule has 0 aromatic carbocycles. The summed E-state index contributed by atoms with van der Waals surface area (Å²) in [6.45, 7) is 3.06. The Bertz CT molecular complexity index is 891. The van der Waals surface area contributed by atoms with Gasteiger partial charge in [0.2, 0.25) is 5.92 Å². The van der Waals surface area contributed by atoms with E-state index in [1.165, 1.54) is 11.3 Å². The molecular weight excluding hydrogens is 416 g/mol. The molecule has 164 valence electrons. The van der Waals surface area contributed by atoms with Crippen LogP contribution < -0.4 is 15.5 Å². The highest BCUT2D eigenvalue weighted by Gasteiger charge is 2.37. The van der Waals surface area contributed by atoms with E-state index in [1.54, 1.807) is 6.92 Å². The number of nitrogens with zero attached hydrogens (tertiary/aromatic N) is 3. The highest BCUT2D eigenvalue weighted by molar-refractivity contribution is 7.15. The third-order valence-electron chi connectivity index (χ3n) is 5.47. The van der Waals surface area contributed by atoms with Crippen LogP contribution in [0.25, 0.3) is 0 Å². The first kappa shape index (κ1) is 21.0. The van der Waals surface area contributed by atoms with E-state index in [1.807, 2.05) is 6.07 Å². The van der Waals surface area contributed by atoms with Crippen LogP contribution >= 0.6 is 11.3 Å². The number of anilines is 2. The van der Waals surface area contributed by atoms with Crippen LogP contribution in [0.15, 0.2) is 10.6 Å². The molecule has 11 heteroatoms. The third kappa shape index (κ3) is 4.89. The van der Waals surface area contributed by atoms with Crippen molar-refractivity contribution in [3.63, 3.8) is 0 Å². The number of alkyl halides is 2. The summed E-state index contributed by atoms with van der Waals surface area (Å²) in [5, 5.41) is 19.2. The van der Waals surface area contributed by atoms with Gasteiger partial charge in [0.05, 0.1) is 18.3 Å². The van der Waals surface area contributed by atoms with Gasteiger partial charge in [0.1, 0.15) is 5.76 Å². The molecule has 3 N–H and O–H groups in total. The van der Waals surface area contributed by atoms with Gasteiger partial charge in [0, 0.05) is 49.2 Å². The fourth-order valence-electron chi connectivity index (χ4n) is 3.77. The first-order chi connectivity index (χ1) is 14.3. The Balaban J connectivity index is 1.36. The van der Waals surface area contributed by atoms with Crippen molar-refractivity contribution in [2.75, 3.05) is 23.3 Å². The van der Waals surface area contributed by atoms with Crippen LogP contribution in [0.2, 0.25) is 0 Å². The van der Waals surface area contributed by atoms with Gasteiger partial charge in [-0.1, -0.05) is 16.5 Å². The average molecular weight is 442 g/mol. The van der Waals surface area contributed by atoms with Gasteiger partial charge in [-0.15, -0.1) is 0 Å². The molecule has 0 unspecified atom stereocenters. The fraction of sp³-hybridized carbons (Fsp3) is 0.632. The molecule has 4 rings (SSSR count). The highest BCUT2D eigenvalue weighted by atomic mass is 32.1. The van der Waals surface area contributed by atoms with E-state index >= 15 is 0 Å². The molecule has 0 radical (unpaired) electrons. The highest BCUT2D eigenvalue weighted by Crippen LogP contribution is 2.41. The number of aromatic nitrogens is 2. The quantitative estimate of drug-likeness (QED) is 0.656. The average Bonchev–Trinajstić information content (AvgIpc) is 3.32. The maximum absolute atomic E-state index is 13.4. The minimum Gasteiger partial charge on any atom is -0.392 e. The van der Waals surface area contributed by atoms with Crippen molar-refractivity contribution in [3.8, 4) is 0 Å². The van der Waals surface area contributed by atoms with Gasteiger partial charge < -0.3 is 19.8 Å². The largest absolute Gasteiger partial charge is 0.392 e. The first-order valence-electron chi connectivity index (χ1n) is 10.1. The number of carbonyl (C=O) groups is 1. The molecule has 1 atom stereocenters. The summed E-state index contributed by atoms with van der Waals surface area (Å²) in [6.07, 6.45) is 0.691. The van der Waals surface area contributed by atoms with Gasteiger partial charge in [-0.05, 0) is 19.8 Å². The maximum atomic E-state index is 13.4. The van der Waals surface area contributed by atoms with Crippen molar-refractivity contribution in [1.82, 2.24) is 15.5 Å². The van der Waals surface area contributed by atoms with Crippen LogP contribution in [0.5, 0.6) is 0 Å². The van der Waals surface area contributed by atoms with Gasteiger partial charge >= 0.3 is 6.03 Å². The number of urea groups is 1. The number of hydrogen-bond acceptors (Lipinski definition) is 7. The predicted octanol–water partition coefficient (Wildman–Crippen LogP) is 3.49. The summed E-state index contributed by atoms with van der Waals surface area (Å²) in [6, 6.07) is 1.46. The molecule has 0 spiro atoms. The lowest BCUT2D eigenvalue weighted by Gasteiger charge is -2.26. The van der Waals surface area contributed by atoms with Gasteiger partial charge in [-0.2, -0.15) is 0 Å². The van der Waals surface area contributed by atoms with Crippen LogP contribution in [0.1, 0.15) is 54.9 Å². The monoisotopic (exact) mass is 441 g/mol. The Morgan fingerprint density at radius 1 is 1.47 bits per heavy atom. The molecule has 1 fully saturated rings. The van der Waals surface area contributed by atoms with Gasteiger partial charge in [-0.25, -0.2) is 18.6 Å². The number of hydrogen-bond donors (Lipinski definition) is 3. The number of amides is 2. The second kappa shape index (κ2) is 8.46. The van der Waals surface area contributed by atoms with Crippen molar-refractivity contribution < 1.29 is 23.2 Å². The number of fused-ring (bicyclic) bond motifs is 1. The Labute approximate surface area is 176 Å². The summed E-state index contributed by atoms with van der Waals surface area (Å²) >= 11 is 1.40. The third-order valence-corrected chi connectivity index (χ3v) is 6.47. The Kier molecular flexibility index (Phi) is 5.92. The fourth-order valence-corrected chi connectivity index (χ4v) is 4.79. The van der Waals surface area contributed by atoms with Gasteiger partial charge in [0.25, 0.3) is 0 Å². The van der Waals surface area contributed by atoms with Crippen LogP contribution in [-0.4, -0.2) is 46.4 Å². The summed E-state index contributed by atoms with van der Waals surface area (Å²) in [4.78, 5) is 19.5. The second-order valence-corrected chi connectivity index (χ2v) is 9.05. The van der Waals surface area contributed by atoms with Crippen molar-refractivity contribution in [2.45, 2.75) is 63.5 Å². The number of thiazole rings is 1. The van der Waals surface area contributed by atoms with Crippen LogP contribution in [-0.2, 0) is 13.0 Å². The standard InChI is InChI=1S/C19H25F2N5O3S/c1-11(27)9-22-17(28)24-18-23-13-4-7-26(10-15(13)30-18)16-8-14(29-25-16)12-2-5-19(20,21)6-3-12/h8,11-12,27H,2-7,9-10H2,1H3,(H2,22,23,24,28)/t11-/m1/s1. The minimum atomic E-state index is -2.56. The Morgan fingerprint density at radius 3 is 2.97 bits per heavy atom. The molecule has 0 saturated heterocycles. The van der Waals surface area contributed by atoms with E-state index in [0.717, 1.165) is 10.6 Å². The van der Waals surface area contributed by atoms with E-state index in [9.17, 15) is 18.7 Å². The molecule has 1 aliphatic carbocycles. The smallest absolute Gasteiger partial charge is 0.321 e. The summed E-state index contributed by atoms with van der Waals surface area (Å²) < 4.78 is 32.3. The van der Waals surface area contributed by atoms with Crippen LogP contribution in [0, 0.1) is 0 Å². The molecule has 2 aromatic rings. The maximum Gasteiger partial charge on any atom is 0.321 e. The van der Waals surface area contributed by atoms with Crippen LogP contribution in [0.4, 0.5) is 24.5 Å². The number of rotatable bonds is 5. The lowest BCUT2D eigenvalue weighted by atomic mass is 9.85. The summed E-state index contributed by atoms with van der Waals surface area (Å²) in [7, 11) is 0.